The number of esters is 1. The van der Waals surface area contributed by atoms with Crippen molar-refractivity contribution in [3.05, 3.63) is 0 Å². The van der Waals surface area contributed by atoms with Gasteiger partial charge in [0.25, 0.3) is 0 Å². The van der Waals surface area contributed by atoms with Crippen molar-refractivity contribution in [3.8, 4) is 0 Å². The van der Waals surface area contributed by atoms with Crippen LogP contribution in [0.1, 0.15) is 40.5 Å². The zero-order chi connectivity index (χ0) is 11.8. The van der Waals surface area contributed by atoms with Crippen LogP contribution in [-0.2, 0) is 20.3 Å². The first-order valence-corrected chi connectivity index (χ1v) is 6.90. The van der Waals surface area contributed by atoms with Crippen LogP contribution in [0.25, 0.3) is 0 Å². The van der Waals surface area contributed by atoms with Gasteiger partial charge in [-0.25, -0.2) is 0 Å². The average molecular weight is 234 g/mol. The lowest BCUT2D eigenvalue weighted by Gasteiger charge is -2.14. The topological polar surface area (TPSA) is 43.4 Å². The summed E-state index contributed by atoms with van der Waals surface area (Å²) in [6, 6.07) is 0. The van der Waals surface area contributed by atoms with Crippen molar-refractivity contribution in [2.75, 3.05) is 12.4 Å². The lowest BCUT2D eigenvalue weighted by molar-refractivity contribution is -0.140. The summed E-state index contributed by atoms with van der Waals surface area (Å²) in [5.74, 6) is 0.0202. The quantitative estimate of drug-likeness (QED) is 0.500. The number of unbranched alkanes of at least 4 members (excludes halogenated alkanes) is 1. The fraction of sp³-hybridized carbons (Fsp3) is 0.909. The monoisotopic (exact) mass is 234 g/mol. The molecule has 0 spiro atoms. The van der Waals surface area contributed by atoms with Gasteiger partial charge in [-0.15, -0.1) is 0 Å². The number of hydrogen-bond donors (Lipinski definition) is 0. The molecule has 0 aromatic heterocycles. The van der Waals surface area contributed by atoms with Crippen LogP contribution < -0.4 is 0 Å². The molecule has 90 valence electrons. The summed E-state index contributed by atoms with van der Waals surface area (Å²) in [4.78, 5) is 11.2. The normalized spacial score (nSPS) is 15.0. The molecule has 0 fully saturated rings. The Balaban J connectivity index is 3.81. The molecule has 2 unspecified atom stereocenters. The van der Waals surface area contributed by atoms with Crippen molar-refractivity contribution in [2.45, 2.75) is 45.8 Å². The van der Waals surface area contributed by atoms with Crippen molar-refractivity contribution >= 4 is 16.8 Å². The van der Waals surface area contributed by atoms with Crippen molar-refractivity contribution in [2.24, 2.45) is 5.92 Å². The Morgan fingerprint density at radius 2 is 1.93 bits per heavy atom. The molecule has 0 bridgehead atoms. The lowest BCUT2D eigenvalue weighted by Crippen LogP contribution is -2.25. The highest BCUT2D eigenvalue weighted by Crippen LogP contribution is 2.08. The van der Waals surface area contributed by atoms with Crippen molar-refractivity contribution in [1.29, 1.82) is 0 Å². The van der Waals surface area contributed by atoms with Crippen LogP contribution in [0.5, 0.6) is 0 Å². The fourth-order valence-electron chi connectivity index (χ4n) is 0.923. The van der Waals surface area contributed by atoms with Gasteiger partial charge < -0.3 is 4.74 Å². The molecule has 0 saturated carbocycles. The molecule has 3 nitrogen and oxygen atoms in total. The van der Waals surface area contributed by atoms with Crippen molar-refractivity contribution < 1.29 is 13.7 Å². The second-order valence-corrected chi connectivity index (χ2v) is 5.84. The Morgan fingerprint density at radius 1 is 1.33 bits per heavy atom. The molecule has 0 rings (SSSR count). The summed E-state index contributed by atoms with van der Waals surface area (Å²) in [5.41, 5.74) is 0. The van der Waals surface area contributed by atoms with Crippen molar-refractivity contribution in [3.63, 3.8) is 0 Å². The highest BCUT2D eigenvalue weighted by molar-refractivity contribution is 7.86. The van der Waals surface area contributed by atoms with E-state index < -0.39 is 10.8 Å². The minimum Gasteiger partial charge on any atom is -0.465 e. The number of carbonyl (C=O) groups is 1. The Morgan fingerprint density at radius 3 is 2.40 bits per heavy atom. The SMILES string of the molecule is CCCCOC(=O)CS(=O)C(C)C(C)C. The lowest BCUT2D eigenvalue weighted by atomic mass is 10.2. The molecular formula is C11H22O3S. The molecule has 0 aliphatic heterocycles. The zero-order valence-electron chi connectivity index (χ0n) is 10.1. The van der Waals surface area contributed by atoms with E-state index in [2.05, 4.69) is 0 Å². The Bertz CT molecular complexity index is 214. The van der Waals surface area contributed by atoms with Gasteiger partial charge in [-0.1, -0.05) is 34.1 Å². The van der Waals surface area contributed by atoms with Crippen LogP contribution in [0.15, 0.2) is 0 Å². The number of hydrogen-bond acceptors (Lipinski definition) is 3. The van der Waals surface area contributed by atoms with Gasteiger partial charge in [0, 0.05) is 16.0 Å². The first-order valence-electron chi connectivity index (χ1n) is 5.51. The minimum absolute atomic E-state index is 0.0308. The minimum atomic E-state index is -1.10. The van der Waals surface area contributed by atoms with Gasteiger partial charge >= 0.3 is 5.97 Å². The van der Waals surface area contributed by atoms with Gasteiger partial charge in [-0.2, -0.15) is 0 Å². The highest BCUT2D eigenvalue weighted by atomic mass is 32.2. The number of ether oxygens (including phenoxy) is 1. The largest absolute Gasteiger partial charge is 0.465 e. The molecular weight excluding hydrogens is 212 g/mol. The van der Waals surface area contributed by atoms with Gasteiger partial charge in [-0.3, -0.25) is 9.00 Å². The Labute approximate surface area is 95.0 Å². The van der Waals surface area contributed by atoms with Crippen LogP contribution in [0.4, 0.5) is 0 Å². The van der Waals surface area contributed by atoms with E-state index in [0.717, 1.165) is 12.8 Å². The Kier molecular flexibility index (Phi) is 7.65. The van der Waals surface area contributed by atoms with E-state index in [1.165, 1.54) is 0 Å². The van der Waals surface area contributed by atoms with E-state index in [-0.39, 0.29) is 17.0 Å². The standard InChI is InChI=1S/C11H22O3S/c1-5-6-7-14-11(12)8-15(13)10(4)9(2)3/h9-10H,5-8H2,1-4H3. The van der Waals surface area contributed by atoms with Crippen LogP contribution in [0, 0.1) is 5.92 Å². The van der Waals surface area contributed by atoms with Crippen LogP contribution >= 0.6 is 0 Å². The molecule has 0 saturated heterocycles. The maximum atomic E-state index is 11.6. The first kappa shape index (κ1) is 14.6. The predicted molar refractivity (Wildman–Crippen MR) is 63.2 cm³/mol. The fourth-order valence-corrected chi connectivity index (χ4v) is 2.11. The van der Waals surface area contributed by atoms with Gasteiger partial charge in [-0.05, 0) is 12.3 Å². The molecule has 0 amide bonds. The van der Waals surface area contributed by atoms with Crippen LogP contribution in [-0.4, -0.2) is 27.8 Å². The summed E-state index contributed by atoms with van der Waals surface area (Å²) in [6.45, 7) is 8.39. The number of rotatable bonds is 7. The van der Waals surface area contributed by atoms with E-state index in [1.807, 2.05) is 27.7 Å². The second kappa shape index (κ2) is 7.85. The second-order valence-electron chi connectivity index (χ2n) is 4.05. The highest BCUT2D eigenvalue weighted by Gasteiger charge is 2.18. The molecule has 0 heterocycles. The van der Waals surface area contributed by atoms with Crippen LogP contribution in [0.2, 0.25) is 0 Å². The van der Waals surface area contributed by atoms with E-state index in [0.29, 0.717) is 12.5 Å². The van der Waals surface area contributed by atoms with E-state index in [4.69, 9.17) is 4.74 Å². The summed E-state index contributed by atoms with van der Waals surface area (Å²) in [5, 5.41) is 0.0451. The van der Waals surface area contributed by atoms with E-state index in [9.17, 15) is 9.00 Å². The van der Waals surface area contributed by atoms with E-state index >= 15 is 0 Å². The third-order valence-electron chi connectivity index (χ3n) is 2.37. The van der Waals surface area contributed by atoms with Gasteiger partial charge in [0.05, 0.1) is 6.61 Å². The van der Waals surface area contributed by atoms with Gasteiger partial charge in [0.2, 0.25) is 0 Å². The molecule has 0 N–H and O–H groups in total. The molecule has 4 heteroatoms. The van der Waals surface area contributed by atoms with E-state index in [1.54, 1.807) is 0 Å². The molecule has 0 radical (unpaired) electrons. The third kappa shape index (κ3) is 6.66. The predicted octanol–water partition coefficient (Wildman–Crippen LogP) is 2.12. The first-order chi connectivity index (χ1) is 6.99. The summed E-state index contributed by atoms with van der Waals surface area (Å²) < 4.78 is 16.6. The molecule has 2 atom stereocenters. The van der Waals surface area contributed by atoms with Crippen molar-refractivity contribution in [1.82, 2.24) is 0 Å². The van der Waals surface area contributed by atoms with Gasteiger partial charge in [0.15, 0.2) is 0 Å². The summed E-state index contributed by atoms with van der Waals surface area (Å²) >= 11 is 0. The number of carbonyl (C=O) groups excluding carboxylic acids is 1. The maximum absolute atomic E-state index is 11.6. The molecule has 0 aromatic rings. The smallest absolute Gasteiger partial charge is 0.318 e. The Hall–Kier alpha value is -0.380. The maximum Gasteiger partial charge on any atom is 0.318 e. The van der Waals surface area contributed by atoms with Gasteiger partial charge in [0.1, 0.15) is 5.75 Å². The summed E-state index contributed by atoms with van der Waals surface area (Å²) in [6.07, 6.45) is 1.87. The summed E-state index contributed by atoms with van der Waals surface area (Å²) in [7, 11) is -1.10. The molecule has 0 aliphatic rings. The average Bonchev–Trinajstić information content (AvgIpc) is 2.16. The van der Waals surface area contributed by atoms with Crippen LogP contribution in [0.3, 0.4) is 0 Å². The zero-order valence-corrected chi connectivity index (χ0v) is 10.9. The third-order valence-corrected chi connectivity index (χ3v) is 4.27. The molecule has 15 heavy (non-hydrogen) atoms. The molecule has 0 aromatic carbocycles. The molecule has 0 aliphatic carbocycles.